The predicted octanol–water partition coefficient (Wildman–Crippen LogP) is 1.69. The van der Waals surface area contributed by atoms with Crippen molar-refractivity contribution >= 4 is 17.1 Å². The van der Waals surface area contributed by atoms with E-state index in [9.17, 15) is 4.79 Å². The van der Waals surface area contributed by atoms with Gasteiger partial charge in [-0.15, -0.1) is 0 Å². The fourth-order valence-electron chi connectivity index (χ4n) is 3.07. The Bertz CT molecular complexity index is 700. The molecule has 1 N–H and O–H groups in total. The molecule has 0 aromatic carbocycles. The highest BCUT2D eigenvalue weighted by molar-refractivity contribution is 5.77. The molecule has 0 saturated carbocycles. The van der Waals surface area contributed by atoms with Crippen LogP contribution in [0.2, 0.25) is 0 Å². The molecule has 0 radical (unpaired) electrons. The van der Waals surface area contributed by atoms with Crippen molar-refractivity contribution in [1.29, 1.82) is 0 Å². The zero-order valence-corrected chi connectivity index (χ0v) is 14.2. The summed E-state index contributed by atoms with van der Waals surface area (Å²) in [6.45, 7) is 10.3. The van der Waals surface area contributed by atoms with Crippen molar-refractivity contribution in [3.05, 3.63) is 23.7 Å². The summed E-state index contributed by atoms with van der Waals surface area (Å²) < 4.78 is 2.11. The quantitative estimate of drug-likeness (QED) is 0.932. The molecule has 1 fully saturated rings. The van der Waals surface area contributed by atoms with Crippen LogP contribution in [0.15, 0.2) is 12.3 Å². The van der Waals surface area contributed by atoms with Crippen LogP contribution in [0.25, 0.3) is 11.2 Å². The number of nitrogens with zero attached hydrogens (tertiary/aromatic N) is 4. The number of nitrogens with one attached hydrogen (secondary N) is 1. The van der Waals surface area contributed by atoms with Crippen molar-refractivity contribution in [2.45, 2.75) is 39.7 Å². The summed E-state index contributed by atoms with van der Waals surface area (Å²) in [7, 11) is 0. The molecule has 124 valence electrons. The maximum Gasteiger partial charge on any atom is 0.224 e. The van der Waals surface area contributed by atoms with Crippen molar-refractivity contribution in [3.63, 3.8) is 0 Å². The molecule has 1 aliphatic heterocycles. The first-order valence-electron chi connectivity index (χ1n) is 8.37. The molecular weight excluding hydrogens is 290 g/mol. The van der Waals surface area contributed by atoms with Gasteiger partial charge in [0.2, 0.25) is 5.91 Å². The number of pyridine rings is 1. The maximum atomic E-state index is 12.4. The van der Waals surface area contributed by atoms with E-state index in [1.54, 1.807) is 0 Å². The number of amides is 1. The van der Waals surface area contributed by atoms with Gasteiger partial charge in [-0.1, -0.05) is 13.8 Å². The fourth-order valence-corrected chi connectivity index (χ4v) is 3.07. The SMILES string of the molecule is Cc1cnc2c(c1)nc(C(C)C)n2CCC(=O)N1CCNCC1. The van der Waals surface area contributed by atoms with Crippen molar-refractivity contribution in [1.82, 2.24) is 24.8 Å². The van der Waals surface area contributed by atoms with Crippen LogP contribution in [-0.4, -0.2) is 51.5 Å². The zero-order chi connectivity index (χ0) is 16.4. The molecule has 0 unspecified atom stereocenters. The average Bonchev–Trinajstić information content (AvgIpc) is 2.91. The minimum absolute atomic E-state index is 0.218. The van der Waals surface area contributed by atoms with Gasteiger partial charge < -0.3 is 14.8 Å². The molecule has 0 aliphatic carbocycles. The molecule has 1 amide bonds. The molecule has 2 aromatic rings. The largest absolute Gasteiger partial charge is 0.340 e. The molecule has 0 bridgehead atoms. The molecule has 3 heterocycles. The number of aromatic nitrogens is 3. The van der Waals surface area contributed by atoms with Gasteiger partial charge in [-0.05, 0) is 18.6 Å². The Labute approximate surface area is 136 Å². The van der Waals surface area contributed by atoms with E-state index in [-0.39, 0.29) is 5.91 Å². The van der Waals surface area contributed by atoms with Crippen LogP contribution in [0, 0.1) is 6.92 Å². The fraction of sp³-hybridized carbons (Fsp3) is 0.588. The molecule has 2 aromatic heterocycles. The van der Waals surface area contributed by atoms with Gasteiger partial charge in [0, 0.05) is 51.3 Å². The number of fused-ring (bicyclic) bond motifs is 1. The lowest BCUT2D eigenvalue weighted by Crippen LogP contribution is -2.46. The van der Waals surface area contributed by atoms with Crippen molar-refractivity contribution in [2.75, 3.05) is 26.2 Å². The number of carbonyl (C=O) groups is 1. The van der Waals surface area contributed by atoms with E-state index in [0.29, 0.717) is 18.9 Å². The van der Waals surface area contributed by atoms with Crippen LogP contribution in [0.5, 0.6) is 0 Å². The van der Waals surface area contributed by atoms with E-state index in [4.69, 9.17) is 4.98 Å². The summed E-state index contributed by atoms with van der Waals surface area (Å²) in [6.07, 6.45) is 2.36. The van der Waals surface area contributed by atoms with Gasteiger partial charge in [-0.2, -0.15) is 0 Å². The molecule has 3 rings (SSSR count). The number of hydrogen-bond acceptors (Lipinski definition) is 4. The summed E-state index contributed by atoms with van der Waals surface area (Å²) in [5, 5.41) is 3.27. The molecule has 0 spiro atoms. The van der Waals surface area contributed by atoms with Gasteiger partial charge in [-0.25, -0.2) is 9.97 Å². The van der Waals surface area contributed by atoms with Crippen LogP contribution >= 0.6 is 0 Å². The average molecular weight is 315 g/mol. The first-order chi connectivity index (χ1) is 11.1. The van der Waals surface area contributed by atoms with Crippen LogP contribution in [0.3, 0.4) is 0 Å². The minimum atomic E-state index is 0.218. The smallest absolute Gasteiger partial charge is 0.224 e. The Kier molecular flexibility index (Phi) is 4.61. The summed E-state index contributed by atoms with van der Waals surface area (Å²) in [4.78, 5) is 23.6. The molecule has 6 nitrogen and oxygen atoms in total. The zero-order valence-electron chi connectivity index (χ0n) is 14.2. The number of imidazole rings is 1. The van der Waals surface area contributed by atoms with Gasteiger partial charge in [0.05, 0.1) is 0 Å². The summed E-state index contributed by atoms with van der Waals surface area (Å²) in [6, 6.07) is 2.06. The molecule has 6 heteroatoms. The van der Waals surface area contributed by atoms with E-state index in [0.717, 1.165) is 48.7 Å². The molecule has 23 heavy (non-hydrogen) atoms. The summed E-state index contributed by atoms with van der Waals surface area (Å²) in [5.74, 6) is 1.53. The maximum absolute atomic E-state index is 12.4. The second-order valence-corrected chi connectivity index (χ2v) is 6.51. The minimum Gasteiger partial charge on any atom is -0.340 e. The lowest BCUT2D eigenvalue weighted by atomic mass is 10.2. The monoisotopic (exact) mass is 315 g/mol. The highest BCUT2D eigenvalue weighted by atomic mass is 16.2. The van der Waals surface area contributed by atoms with E-state index < -0.39 is 0 Å². The molecule has 0 atom stereocenters. The normalized spacial score (nSPS) is 15.6. The Morgan fingerprint density at radius 1 is 1.35 bits per heavy atom. The Hall–Kier alpha value is -1.95. The first-order valence-corrected chi connectivity index (χ1v) is 8.37. The standard InChI is InChI=1S/C17H25N5O/c1-12(2)16-20-14-10-13(3)11-19-17(14)22(16)7-4-15(23)21-8-5-18-6-9-21/h10-12,18H,4-9H2,1-3H3. The third-order valence-electron chi connectivity index (χ3n) is 4.29. The number of rotatable bonds is 4. The topological polar surface area (TPSA) is 63.1 Å². The summed E-state index contributed by atoms with van der Waals surface area (Å²) in [5.41, 5.74) is 2.91. The third kappa shape index (κ3) is 3.37. The number of hydrogen-bond donors (Lipinski definition) is 1. The van der Waals surface area contributed by atoms with Crippen molar-refractivity contribution in [3.8, 4) is 0 Å². The van der Waals surface area contributed by atoms with Gasteiger partial charge in [-0.3, -0.25) is 4.79 Å². The van der Waals surface area contributed by atoms with E-state index in [1.165, 1.54) is 0 Å². The molecule has 1 saturated heterocycles. The van der Waals surface area contributed by atoms with Crippen LogP contribution in [0.4, 0.5) is 0 Å². The number of piperazine rings is 1. The van der Waals surface area contributed by atoms with Gasteiger partial charge in [0.15, 0.2) is 5.65 Å². The van der Waals surface area contributed by atoms with E-state index >= 15 is 0 Å². The lowest BCUT2D eigenvalue weighted by Gasteiger charge is -2.27. The molecular formula is C17H25N5O. The third-order valence-corrected chi connectivity index (χ3v) is 4.29. The second-order valence-electron chi connectivity index (χ2n) is 6.51. The second kappa shape index (κ2) is 6.66. The van der Waals surface area contributed by atoms with Crippen LogP contribution < -0.4 is 5.32 Å². The molecule has 1 aliphatic rings. The lowest BCUT2D eigenvalue weighted by molar-refractivity contribution is -0.131. The van der Waals surface area contributed by atoms with Crippen molar-refractivity contribution in [2.24, 2.45) is 0 Å². The number of aryl methyl sites for hydroxylation is 2. The van der Waals surface area contributed by atoms with Crippen molar-refractivity contribution < 1.29 is 4.79 Å². The van der Waals surface area contributed by atoms with E-state index in [1.807, 2.05) is 18.0 Å². The van der Waals surface area contributed by atoms with Crippen LogP contribution in [0.1, 0.15) is 37.6 Å². The van der Waals surface area contributed by atoms with Gasteiger partial charge >= 0.3 is 0 Å². The Balaban J connectivity index is 1.80. The van der Waals surface area contributed by atoms with Gasteiger partial charge in [0.1, 0.15) is 11.3 Å². The Morgan fingerprint density at radius 3 is 2.78 bits per heavy atom. The number of carbonyl (C=O) groups excluding carboxylic acids is 1. The Morgan fingerprint density at radius 2 is 2.09 bits per heavy atom. The highest BCUT2D eigenvalue weighted by Crippen LogP contribution is 2.21. The predicted molar refractivity (Wildman–Crippen MR) is 90.4 cm³/mol. The van der Waals surface area contributed by atoms with Gasteiger partial charge in [0.25, 0.3) is 0 Å². The highest BCUT2D eigenvalue weighted by Gasteiger charge is 2.19. The summed E-state index contributed by atoms with van der Waals surface area (Å²) >= 11 is 0. The van der Waals surface area contributed by atoms with Crippen LogP contribution in [-0.2, 0) is 11.3 Å². The van der Waals surface area contributed by atoms with E-state index in [2.05, 4.69) is 34.8 Å². The first kappa shape index (κ1) is 15.9.